The van der Waals surface area contributed by atoms with Gasteiger partial charge in [0.05, 0.1) is 18.7 Å². The summed E-state index contributed by atoms with van der Waals surface area (Å²) < 4.78 is 86.2. The summed E-state index contributed by atoms with van der Waals surface area (Å²) in [6.45, 7) is 2.26. The van der Waals surface area contributed by atoms with Gasteiger partial charge in [0.2, 0.25) is 11.8 Å². The highest BCUT2D eigenvalue weighted by Crippen LogP contribution is 2.32. The number of nitrogens with zero attached hydrogens (tertiary/aromatic N) is 2. The van der Waals surface area contributed by atoms with Crippen molar-refractivity contribution in [1.82, 2.24) is 15.1 Å². The maximum absolute atomic E-state index is 14.8. The third-order valence-electron chi connectivity index (χ3n) is 5.84. The Morgan fingerprint density at radius 2 is 2.09 bits per heavy atom. The van der Waals surface area contributed by atoms with Gasteiger partial charge in [0, 0.05) is 67.0 Å². The molecule has 34 heavy (non-hydrogen) atoms. The molecule has 3 aliphatic heterocycles. The Hall–Kier alpha value is -3.30. The Morgan fingerprint density at radius 3 is 2.91 bits per heavy atom. The standard InChI is InChI=1S/C25H27FN4O4/c26-20-5-4-16(14-29-8-10-34-11-9-29)12-17(20)13-27-21-3-1-2-18-19(21)15-30(25(18)33)22-6-7-23(31)28-24(22)32/h1-5,12,22,27H,6-11,13-15H2,(H,28,31,32)/i1D,2D,3D,6D2,7D2,22D. The summed E-state index contributed by atoms with van der Waals surface area (Å²) in [5.74, 6) is -4.95. The summed E-state index contributed by atoms with van der Waals surface area (Å²) in [5, 5.41) is 4.47. The fraction of sp³-hybridized carbons (Fsp3) is 0.400. The topological polar surface area (TPSA) is 91.0 Å². The van der Waals surface area contributed by atoms with Gasteiger partial charge in [-0.1, -0.05) is 12.1 Å². The third kappa shape index (κ3) is 4.53. The first-order valence-electron chi connectivity index (χ1n) is 14.7. The molecule has 0 radical (unpaired) electrons. The molecule has 3 aliphatic rings. The second kappa shape index (κ2) is 9.52. The number of piperidine rings is 1. The Morgan fingerprint density at radius 1 is 1.26 bits per heavy atom. The highest BCUT2D eigenvalue weighted by atomic mass is 19.1. The number of imide groups is 1. The van der Waals surface area contributed by atoms with E-state index in [2.05, 4.69) is 10.2 Å². The van der Waals surface area contributed by atoms with Gasteiger partial charge in [-0.15, -0.1) is 0 Å². The minimum Gasteiger partial charge on any atom is -0.381 e. The van der Waals surface area contributed by atoms with Crippen LogP contribution in [0.15, 0.2) is 36.3 Å². The van der Waals surface area contributed by atoms with Crippen LogP contribution < -0.4 is 10.6 Å². The van der Waals surface area contributed by atoms with Crippen molar-refractivity contribution in [2.24, 2.45) is 0 Å². The molecule has 5 rings (SSSR count). The van der Waals surface area contributed by atoms with E-state index >= 15 is 0 Å². The van der Waals surface area contributed by atoms with Crippen molar-refractivity contribution in [3.63, 3.8) is 0 Å². The normalized spacial score (nSPS) is 29.4. The summed E-state index contributed by atoms with van der Waals surface area (Å²) in [4.78, 5) is 40.9. The molecule has 0 aliphatic carbocycles. The number of nitrogens with one attached hydrogen (secondary N) is 2. The molecule has 0 aromatic heterocycles. The first-order chi connectivity index (χ1) is 19.6. The highest BCUT2D eigenvalue weighted by Gasteiger charge is 2.39. The molecule has 3 heterocycles. The minimum absolute atomic E-state index is 0.108. The molecule has 2 aromatic carbocycles. The van der Waals surface area contributed by atoms with Crippen molar-refractivity contribution in [3.05, 3.63) is 64.4 Å². The maximum Gasteiger partial charge on any atom is 0.255 e. The van der Waals surface area contributed by atoms with E-state index in [-0.39, 0.29) is 23.4 Å². The number of rotatable bonds is 6. The number of hydrogen-bond acceptors (Lipinski definition) is 6. The van der Waals surface area contributed by atoms with E-state index in [4.69, 9.17) is 15.7 Å². The largest absolute Gasteiger partial charge is 0.381 e. The molecule has 0 bridgehead atoms. The lowest BCUT2D eigenvalue weighted by atomic mass is 10.0. The smallest absolute Gasteiger partial charge is 0.255 e. The average Bonchev–Trinajstić information content (AvgIpc) is 3.29. The van der Waals surface area contributed by atoms with Crippen LogP contribution in [0.2, 0.25) is 0 Å². The number of carbonyl (C=O) groups is 3. The van der Waals surface area contributed by atoms with Crippen LogP contribution in [0.5, 0.6) is 0 Å². The van der Waals surface area contributed by atoms with Gasteiger partial charge in [-0.05, 0) is 36.2 Å². The molecular weight excluding hydrogens is 439 g/mol. The molecule has 2 N–H and O–H groups in total. The van der Waals surface area contributed by atoms with Crippen LogP contribution in [0.4, 0.5) is 10.1 Å². The molecule has 9 heteroatoms. The number of fused-ring (bicyclic) bond motifs is 1. The number of carbonyl (C=O) groups excluding carboxylic acids is 3. The van der Waals surface area contributed by atoms with E-state index in [1.54, 1.807) is 17.4 Å². The lowest BCUT2D eigenvalue weighted by molar-refractivity contribution is -0.136. The number of halogens is 1. The Labute approximate surface area is 208 Å². The van der Waals surface area contributed by atoms with Gasteiger partial charge in [-0.25, -0.2) is 4.39 Å². The van der Waals surface area contributed by atoms with E-state index in [9.17, 15) is 18.8 Å². The summed E-state index contributed by atoms with van der Waals surface area (Å²) in [6, 6.07) is -0.586. The van der Waals surface area contributed by atoms with Crippen LogP contribution in [0.3, 0.4) is 0 Å². The zero-order valence-electron chi connectivity index (χ0n) is 26.1. The lowest BCUT2D eigenvalue weighted by Gasteiger charge is -2.29. The molecule has 1 unspecified atom stereocenters. The summed E-state index contributed by atoms with van der Waals surface area (Å²) >= 11 is 0. The molecule has 0 spiro atoms. The summed E-state index contributed by atoms with van der Waals surface area (Å²) in [6.07, 6.45) is -6.90. The van der Waals surface area contributed by atoms with E-state index in [0.717, 1.165) is 18.7 Å². The first-order valence-corrected chi connectivity index (χ1v) is 10.7. The van der Waals surface area contributed by atoms with Gasteiger partial charge in [0.1, 0.15) is 11.8 Å². The SMILES string of the molecule is [2H]c1c([2H])c(NCc2cc(CN3CCOCC3)ccc2F)c2c(c1[2H])C(=O)N(C1([2H])C(=O)NC(=O)C([2H])([2H])C1([2H])[2H])C2. The first kappa shape index (κ1) is 14.9. The molecular formula is C25H27FN4O4. The summed E-state index contributed by atoms with van der Waals surface area (Å²) in [7, 11) is 0. The van der Waals surface area contributed by atoms with Crippen molar-refractivity contribution < 1.29 is 34.5 Å². The van der Waals surface area contributed by atoms with E-state index < -0.39 is 72.5 Å². The maximum atomic E-state index is 14.8. The van der Waals surface area contributed by atoms with Crippen LogP contribution in [0.1, 0.15) is 50.8 Å². The fourth-order valence-electron chi connectivity index (χ4n) is 4.09. The van der Waals surface area contributed by atoms with Crippen LogP contribution in [-0.2, 0) is 34.0 Å². The number of benzene rings is 2. The van der Waals surface area contributed by atoms with Gasteiger partial charge in [0.25, 0.3) is 5.91 Å². The van der Waals surface area contributed by atoms with E-state index in [1.807, 2.05) is 0 Å². The van der Waals surface area contributed by atoms with Crippen molar-refractivity contribution in [2.75, 3.05) is 31.6 Å². The monoisotopic (exact) mass is 474 g/mol. The Kier molecular flexibility index (Phi) is 4.16. The molecule has 2 saturated heterocycles. The predicted octanol–water partition coefficient (Wildman–Crippen LogP) is 2.03. The van der Waals surface area contributed by atoms with Crippen molar-refractivity contribution >= 4 is 23.4 Å². The van der Waals surface area contributed by atoms with Crippen molar-refractivity contribution in [1.29, 1.82) is 0 Å². The third-order valence-corrected chi connectivity index (χ3v) is 5.84. The molecule has 2 fully saturated rings. The summed E-state index contributed by atoms with van der Waals surface area (Å²) in [5.41, 5.74) is 0.291. The van der Waals surface area contributed by atoms with Gasteiger partial charge in [-0.3, -0.25) is 24.6 Å². The van der Waals surface area contributed by atoms with Gasteiger partial charge >= 0.3 is 0 Å². The fourth-order valence-corrected chi connectivity index (χ4v) is 4.09. The van der Waals surface area contributed by atoms with Crippen LogP contribution >= 0.6 is 0 Å². The van der Waals surface area contributed by atoms with Crippen molar-refractivity contribution in [2.45, 2.75) is 38.4 Å². The lowest BCUT2D eigenvalue weighted by Crippen LogP contribution is -2.52. The number of ether oxygens (including phenoxy) is 1. The molecule has 1 atom stereocenters. The number of anilines is 1. The van der Waals surface area contributed by atoms with Gasteiger partial charge < -0.3 is 15.0 Å². The number of amides is 3. The van der Waals surface area contributed by atoms with Gasteiger partial charge in [-0.2, -0.15) is 0 Å². The minimum atomic E-state index is -3.52. The Balaban J connectivity index is 1.48. The predicted molar refractivity (Wildman–Crippen MR) is 122 cm³/mol. The molecule has 2 aromatic rings. The highest BCUT2D eigenvalue weighted by molar-refractivity contribution is 6.06. The Bertz CT molecular complexity index is 1500. The average molecular weight is 475 g/mol. The molecule has 0 saturated carbocycles. The van der Waals surface area contributed by atoms with Gasteiger partial charge in [0.15, 0.2) is 0 Å². The van der Waals surface area contributed by atoms with E-state index in [1.165, 1.54) is 6.07 Å². The zero-order chi connectivity index (χ0) is 30.8. The second-order valence-corrected chi connectivity index (χ2v) is 8.04. The second-order valence-electron chi connectivity index (χ2n) is 8.04. The molecule has 178 valence electrons. The van der Waals surface area contributed by atoms with Crippen molar-refractivity contribution in [3.8, 4) is 0 Å². The molecule has 3 amide bonds. The zero-order valence-corrected chi connectivity index (χ0v) is 18.1. The van der Waals surface area contributed by atoms with E-state index in [0.29, 0.717) is 24.7 Å². The molecule has 8 nitrogen and oxygen atoms in total. The quantitative estimate of drug-likeness (QED) is 0.623. The van der Waals surface area contributed by atoms with Crippen LogP contribution in [0.25, 0.3) is 0 Å². The van der Waals surface area contributed by atoms with Crippen LogP contribution in [0, 0.1) is 5.82 Å². The van der Waals surface area contributed by atoms with Crippen LogP contribution in [-0.4, -0.2) is 59.8 Å². The number of hydrogen-bond donors (Lipinski definition) is 2. The number of morpholine rings is 1.